The number of halogens is 2. The van der Waals surface area contributed by atoms with E-state index >= 15 is 0 Å². The van der Waals surface area contributed by atoms with E-state index in [0.717, 1.165) is 17.4 Å². The minimum absolute atomic E-state index is 0.00336. The summed E-state index contributed by atoms with van der Waals surface area (Å²) < 4.78 is 70.7. The van der Waals surface area contributed by atoms with Gasteiger partial charge in [-0.05, 0) is 56.4 Å². The van der Waals surface area contributed by atoms with Crippen molar-refractivity contribution in [2.75, 3.05) is 0 Å². The Kier molecular flexibility index (Phi) is 7.79. The van der Waals surface area contributed by atoms with Crippen molar-refractivity contribution in [3.05, 3.63) is 22.3 Å². The molecule has 40 heavy (non-hydrogen) atoms. The summed E-state index contributed by atoms with van der Waals surface area (Å²) in [5.41, 5.74) is 0.272. The van der Waals surface area contributed by atoms with Crippen LogP contribution in [-0.4, -0.2) is 84.3 Å². The summed E-state index contributed by atoms with van der Waals surface area (Å²) in [4.78, 5) is 39.5. The zero-order chi connectivity index (χ0) is 30.0. The normalized spacial score (nSPS) is 28.2. The molecule has 1 aromatic rings. The van der Waals surface area contributed by atoms with Crippen molar-refractivity contribution < 1.29 is 50.7 Å². The highest BCUT2D eigenvalue weighted by Gasteiger charge is 2.64. The Hall–Kier alpha value is -2.34. The van der Waals surface area contributed by atoms with Crippen molar-refractivity contribution in [1.29, 1.82) is 0 Å². The number of carboxylic acids is 1. The number of hydrogen-bond acceptors (Lipinski definition) is 7. The first-order chi connectivity index (χ1) is 18.4. The summed E-state index contributed by atoms with van der Waals surface area (Å²) in [5.74, 6) is -3.17. The van der Waals surface area contributed by atoms with Crippen LogP contribution >= 0.6 is 0 Å². The summed E-state index contributed by atoms with van der Waals surface area (Å²) in [6, 6.07) is 0. The summed E-state index contributed by atoms with van der Waals surface area (Å²) in [6.45, 7) is 0.701. The highest BCUT2D eigenvalue weighted by molar-refractivity contribution is 7.86. The zero-order valence-corrected chi connectivity index (χ0v) is 24.1. The molecule has 5 rings (SSSR count). The Balaban J connectivity index is 1.69. The molecular weight excluding hydrogens is 546 g/mol. The van der Waals surface area contributed by atoms with Gasteiger partial charge in [0.1, 0.15) is 37.0 Å². The lowest BCUT2D eigenvalue weighted by Crippen LogP contribution is -2.60. The number of carboxylic acid groups (broad SMARTS) is 1. The number of benzene rings is 1. The predicted molar refractivity (Wildman–Crippen MR) is 152 cm³/mol. The number of alkyl halides is 2. The third kappa shape index (κ3) is 4.88. The highest BCUT2D eigenvalue weighted by Crippen LogP contribution is 2.63. The van der Waals surface area contributed by atoms with Crippen molar-refractivity contribution >= 4 is 70.3 Å². The fraction of sp³-hybridized carbons (Fsp3) is 0.625. The molecular formula is C24H32B4F2O9S. The predicted octanol–water partition coefficient (Wildman–Crippen LogP) is -1.92. The third-order valence-corrected chi connectivity index (χ3v) is 10.3. The molecule has 3 atom stereocenters. The molecule has 4 aliphatic carbocycles. The van der Waals surface area contributed by atoms with Crippen LogP contribution in [0.15, 0.2) is 0 Å². The largest absolute Gasteiger partial charge is 0.478 e. The maximum atomic E-state index is 14.2. The highest BCUT2D eigenvalue weighted by atomic mass is 32.2. The molecule has 0 heterocycles. The molecule has 0 saturated heterocycles. The minimum Gasteiger partial charge on any atom is -0.478 e. The molecule has 0 aromatic heterocycles. The number of carbonyl (C=O) groups is 3. The lowest BCUT2D eigenvalue weighted by atomic mass is 9.48. The van der Waals surface area contributed by atoms with Crippen molar-refractivity contribution in [2.45, 2.75) is 75.0 Å². The number of rotatable bonds is 9. The first-order valence-electron chi connectivity index (χ1n) is 13.6. The topological polar surface area (TPSA) is 144 Å². The molecule has 0 amide bonds. The number of ether oxygens (including phenoxy) is 2. The van der Waals surface area contributed by atoms with Crippen LogP contribution in [0.25, 0.3) is 0 Å². The van der Waals surface area contributed by atoms with Gasteiger partial charge >= 0.3 is 33.3 Å². The fourth-order valence-corrected chi connectivity index (χ4v) is 8.42. The maximum absolute atomic E-state index is 14.2. The van der Waals surface area contributed by atoms with Crippen LogP contribution in [0.4, 0.5) is 8.78 Å². The van der Waals surface area contributed by atoms with E-state index in [1.54, 1.807) is 7.85 Å². The van der Waals surface area contributed by atoms with Gasteiger partial charge in [-0.1, -0.05) is 29.1 Å². The second kappa shape index (κ2) is 10.2. The van der Waals surface area contributed by atoms with E-state index in [9.17, 15) is 36.7 Å². The van der Waals surface area contributed by atoms with Crippen LogP contribution in [-0.2, 0) is 37.0 Å². The summed E-state index contributed by atoms with van der Waals surface area (Å²) >= 11 is 0. The van der Waals surface area contributed by atoms with Gasteiger partial charge in [0, 0.05) is 6.42 Å². The van der Waals surface area contributed by atoms with Gasteiger partial charge < -0.3 is 14.6 Å². The second-order valence-corrected chi connectivity index (χ2v) is 13.4. The Morgan fingerprint density at radius 2 is 1.57 bits per heavy atom. The van der Waals surface area contributed by atoms with Crippen LogP contribution in [0, 0.1) is 17.3 Å². The van der Waals surface area contributed by atoms with Crippen LogP contribution in [0.1, 0.15) is 77.3 Å². The van der Waals surface area contributed by atoms with Gasteiger partial charge in [0.05, 0.1) is 16.5 Å². The standard InChI is InChI=1S/C24H32B4F2O9S/c1-10(24(29,30)40(35,36)37)38-21(34)22-3-11-2-12(4-22)6-23(5-11,9-22)39-20(33)15-13(7-25)17(27)14(8-26)18(28)16(15)19(31)32/h10-12H,2-9,25-28H2,1H3,(H,31,32)(H,35,36,37). The van der Waals surface area contributed by atoms with Crippen LogP contribution < -0.4 is 10.9 Å². The van der Waals surface area contributed by atoms with Crippen molar-refractivity contribution in [2.24, 2.45) is 17.3 Å². The van der Waals surface area contributed by atoms with E-state index in [2.05, 4.69) is 0 Å². The maximum Gasteiger partial charge on any atom is 0.405 e. The van der Waals surface area contributed by atoms with Gasteiger partial charge in [-0.25, -0.2) is 9.59 Å². The van der Waals surface area contributed by atoms with Crippen LogP contribution in [0.5, 0.6) is 0 Å². The average molecular weight is 578 g/mol. The first-order valence-corrected chi connectivity index (χ1v) is 15.0. The molecule has 1 aromatic carbocycles. The minimum atomic E-state index is -5.82. The van der Waals surface area contributed by atoms with Gasteiger partial charge in [0.25, 0.3) is 0 Å². The molecule has 0 radical (unpaired) electrons. The summed E-state index contributed by atoms with van der Waals surface area (Å²) in [6.07, 6.45) is 0.823. The molecule has 2 N–H and O–H groups in total. The molecule has 0 aliphatic heterocycles. The Morgan fingerprint density at radius 3 is 2.05 bits per heavy atom. The Morgan fingerprint density at radius 1 is 1.02 bits per heavy atom. The van der Waals surface area contributed by atoms with Gasteiger partial charge in [-0.3, -0.25) is 9.35 Å². The smallest absolute Gasteiger partial charge is 0.405 e. The zero-order valence-electron chi connectivity index (χ0n) is 23.3. The Bertz CT molecular complexity index is 1370. The number of hydrogen-bond donors (Lipinski definition) is 2. The van der Waals surface area contributed by atoms with E-state index in [1.807, 2.05) is 23.5 Å². The van der Waals surface area contributed by atoms with Crippen molar-refractivity contribution in [3.8, 4) is 0 Å². The number of aromatic carboxylic acids is 1. The van der Waals surface area contributed by atoms with Crippen molar-refractivity contribution in [1.82, 2.24) is 0 Å². The van der Waals surface area contributed by atoms with E-state index in [0.29, 0.717) is 56.3 Å². The lowest BCUT2D eigenvalue weighted by Gasteiger charge is -2.59. The van der Waals surface area contributed by atoms with Gasteiger partial charge in [-0.15, -0.1) is 0 Å². The summed E-state index contributed by atoms with van der Waals surface area (Å²) in [7, 11) is 1.45. The van der Waals surface area contributed by atoms with Gasteiger partial charge in [-0.2, -0.15) is 17.2 Å². The second-order valence-electron chi connectivity index (χ2n) is 11.9. The third-order valence-electron chi connectivity index (χ3n) is 9.26. The first kappa shape index (κ1) is 30.6. The number of carbonyl (C=O) groups excluding carboxylic acids is 2. The molecule has 4 bridgehead atoms. The quantitative estimate of drug-likeness (QED) is 0.195. The van der Waals surface area contributed by atoms with Gasteiger partial charge in [0.15, 0.2) is 6.10 Å². The lowest BCUT2D eigenvalue weighted by molar-refractivity contribution is -0.206. The Labute approximate surface area is 235 Å². The average Bonchev–Trinajstić information content (AvgIpc) is 2.81. The molecule has 4 fully saturated rings. The van der Waals surface area contributed by atoms with Gasteiger partial charge in [0.2, 0.25) is 0 Å². The molecule has 4 aliphatic rings. The van der Waals surface area contributed by atoms with E-state index < -0.39 is 50.4 Å². The van der Waals surface area contributed by atoms with E-state index in [1.165, 1.54) is 0 Å². The molecule has 214 valence electrons. The summed E-state index contributed by atoms with van der Waals surface area (Å²) in [5, 5.41) is 5.39. The molecule has 3 unspecified atom stereocenters. The van der Waals surface area contributed by atoms with Crippen LogP contribution in [0.3, 0.4) is 0 Å². The molecule has 16 heteroatoms. The van der Waals surface area contributed by atoms with Crippen LogP contribution in [0.2, 0.25) is 0 Å². The van der Waals surface area contributed by atoms with E-state index in [-0.39, 0.29) is 29.4 Å². The monoisotopic (exact) mass is 578 g/mol. The SMILES string of the molecule is BCc1c(B)c(CB)c(C(=O)OC23CC4CC(C2)CC(C(=O)OC(C)C(F)(F)S(=O)(=O)O)(C4)C3)c(C(=O)O)c1B. The fourth-order valence-electron chi connectivity index (χ4n) is 7.95. The molecule has 9 nitrogen and oxygen atoms in total. The number of esters is 2. The van der Waals surface area contributed by atoms with E-state index in [4.69, 9.17) is 14.0 Å². The molecule has 0 spiro atoms. The molecule has 4 saturated carbocycles. The van der Waals surface area contributed by atoms with Crippen molar-refractivity contribution in [3.63, 3.8) is 0 Å².